The molecule has 0 aliphatic rings. The Hall–Kier alpha value is -3.81. The highest BCUT2D eigenvalue weighted by Gasteiger charge is 2.09. The largest absolute Gasteiger partial charge is 0.497 e. The second kappa shape index (κ2) is 9.41. The number of urea groups is 1. The van der Waals surface area contributed by atoms with Gasteiger partial charge in [0.05, 0.1) is 43.8 Å². The molecule has 29 heavy (non-hydrogen) atoms. The van der Waals surface area contributed by atoms with Crippen molar-refractivity contribution in [2.24, 2.45) is 4.99 Å². The number of hydrogen-bond donors (Lipinski definition) is 1. The third-order valence-electron chi connectivity index (χ3n) is 3.96. The lowest BCUT2D eigenvalue weighted by Gasteiger charge is -2.12. The van der Waals surface area contributed by atoms with Crippen molar-refractivity contribution >= 4 is 11.7 Å². The first kappa shape index (κ1) is 19.9. The summed E-state index contributed by atoms with van der Waals surface area (Å²) in [5, 5.41) is 7.42. The number of hydrogen-bond acceptors (Lipinski definition) is 5. The van der Waals surface area contributed by atoms with Gasteiger partial charge in [-0.25, -0.2) is 9.48 Å². The molecule has 0 saturated heterocycles. The average molecular weight is 394 g/mol. The van der Waals surface area contributed by atoms with Gasteiger partial charge in [0.2, 0.25) is 5.88 Å². The van der Waals surface area contributed by atoms with Crippen molar-refractivity contribution in [2.45, 2.75) is 6.92 Å². The van der Waals surface area contributed by atoms with E-state index in [0.29, 0.717) is 35.0 Å². The van der Waals surface area contributed by atoms with Crippen molar-refractivity contribution < 1.29 is 19.0 Å². The van der Waals surface area contributed by atoms with E-state index in [1.165, 1.54) is 13.3 Å². The van der Waals surface area contributed by atoms with Crippen LogP contribution in [0.15, 0.2) is 65.8 Å². The van der Waals surface area contributed by atoms with Crippen molar-refractivity contribution in [2.75, 3.05) is 26.1 Å². The fraction of sp³-hybridized carbons (Fsp3) is 0.190. The van der Waals surface area contributed by atoms with Gasteiger partial charge < -0.3 is 19.5 Å². The normalized spacial score (nSPS) is 11.1. The molecule has 0 spiro atoms. The fourth-order valence-electron chi connectivity index (χ4n) is 2.65. The average Bonchev–Trinajstić information content (AvgIpc) is 2.74. The molecule has 3 rings (SSSR count). The molecular weight excluding hydrogens is 372 g/mol. The maximum atomic E-state index is 12.4. The van der Waals surface area contributed by atoms with Gasteiger partial charge in [-0.2, -0.15) is 10.1 Å². The molecule has 3 aromatic rings. The van der Waals surface area contributed by atoms with Gasteiger partial charge in [-0.1, -0.05) is 18.2 Å². The van der Waals surface area contributed by atoms with E-state index in [-0.39, 0.29) is 0 Å². The number of benzene rings is 2. The lowest BCUT2D eigenvalue weighted by molar-refractivity contribution is 0.258. The highest BCUT2D eigenvalue weighted by Crippen LogP contribution is 2.28. The Kier molecular flexibility index (Phi) is 6.47. The van der Waals surface area contributed by atoms with E-state index in [1.54, 1.807) is 36.1 Å². The topological polar surface area (TPSA) is 87.0 Å². The van der Waals surface area contributed by atoms with Gasteiger partial charge in [0, 0.05) is 12.1 Å². The molecule has 150 valence electrons. The summed E-state index contributed by atoms with van der Waals surface area (Å²) in [6.45, 7) is 2.33. The summed E-state index contributed by atoms with van der Waals surface area (Å²) >= 11 is 0. The highest BCUT2D eigenvalue weighted by atomic mass is 16.5. The summed E-state index contributed by atoms with van der Waals surface area (Å²) in [5.74, 6) is 1.56. The Morgan fingerprint density at radius 2 is 1.90 bits per heavy atom. The molecule has 0 aliphatic carbocycles. The first-order chi connectivity index (χ1) is 14.1. The zero-order valence-electron chi connectivity index (χ0n) is 16.5. The van der Waals surface area contributed by atoms with E-state index in [2.05, 4.69) is 15.4 Å². The van der Waals surface area contributed by atoms with Crippen LogP contribution in [0, 0.1) is 0 Å². The van der Waals surface area contributed by atoms with Gasteiger partial charge in [0.1, 0.15) is 11.5 Å². The molecule has 1 heterocycles. The number of aromatic nitrogens is 2. The van der Waals surface area contributed by atoms with Crippen LogP contribution >= 0.6 is 0 Å². The summed E-state index contributed by atoms with van der Waals surface area (Å²) in [6.07, 6.45) is 1.50. The first-order valence-electron chi connectivity index (χ1n) is 9.00. The van der Waals surface area contributed by atoms with E-state index < -0.39 is 6.03 Å². The molecule has 0 atom stereocenters. The predicted octanol–water partition coefficient (Wildman–Crippen LogP) is 3.42. The Balaban J connectivity index is 1.90. The van der Waals surface area contributed by atoms with Crippen LogP contribution in [0.1, 0.15) is 6.92 Å². The molecular formula is C21H22N4O4. The molecule has 0 saturated carbocycles. The van der Waals surface area contributed by atoms with Crippen LogP contribution < -0.4 is 24.9 Å². The van der Waals surface area contributed by atoms with Crippen LogP contribution in [-0.4, -0.2) is 36.6 Å². The van der Waals surface area contributed by atoms with Crippen LogP contribution in [0.5, 0.6) is 17.4 Å². The third kappa shape index (κ3) is 4.92. The molecule has 8 heteroatoms. The van der Waals surface area contributed by atoms with Gasteiger partial charge in [0.25, 0.3) is 0 Å². The first-order valence-corrected chi connectivity index (χ1v) is 9.00. The quantitative estimate of drug-likeness (QED) is 0.692. The van der Waals surface area contributed by atoms with Gasteiger partial charge >= 0.3 is 6.03 Å². The molecule has 1 N–H and O–H groups in total. The van der Waals surface area contributed by atoms with E-state index in [0.717, 1.165) is 5.69 Å². The van der Waals surface area contributed by atoms with Crippen molar-refractivity contribution in [3.05, 3.63) is 66.2 Å². The zero-order chi connectivity index (χ0) is 20.6. The molecule has 0 unspecified atom stereocenters. The Morgan fingerprint density at radius 1 is 1.10 bits per heavy atom. The van der Waals surface area contributed by atoms with Gasteiger partial charge in [-0.15, -0.1) is 0 Å². The van der Waals surface area contributed by atoms with Gasteiger partial charge in [0.15, 0.2) is 0 Å². The standard InChI is InChI=1S/C21H22N4O4/c1-4-29-20-12-15(14-22-25(20)16-8-6-5-7-9-16)23-21(26)24-18-13-17(27-2)10-11-19(18)28-3/h5-14H,4H2,1-3H3,(H,24,26)/b23-15+. The van der Waals surface area contributed by atoms with Crippen LogP contribution in [0.4, 0.5) is 10.5 Å². The van der Waals surface area contributed by atoms with E-state index in [4.69, 9.17) is 14.2 Å². The Labute approximate surface area is 168 Å². The zero-order valence-corrected chi connectivity index (χ0v) is 16.5. The highest BCUT2D eigenvalue weighted by molar-refractivity contribution is 5.91. The number of rotatable bonds is 6. The van der Waals surface area contributed by atoms with E-state index in [9.17, 15) is 4.79 Å². The van der Waals surface area contributed by atoms with E-state index in [1.807, 2.05) is 37.3 Å². The summed E-state index contributed by atoms with van der Waals surface area (Å²) < 4.78 is 17.8. The molecule has 0 radical (unpaired) electrons. The van der Waals surface area contributed by atoms with Gasteiger partial charge in [-0.3, -0.25) is 0 Å². The lowest BCUT2D eigenvalue weighted by Crippen LogP contribution is -2.17. The SMILES string of the molecule is CCOc1c/c(=N\C(=O)Nc2cc(OC)ccc2OC)cnn1-c1ccccc1. The number of carbonyl (C=O) groups excluding carboxylic acids is 1. The number of ether oxygens (including phenoxy) is 3. The van der Waals surface area contributed by atoms with Crippen LogP contribution in [0.3, 0.4) is 0 Å². The molecule has 8 nitrogen and oxygen atoms in total. The molecule has 2 aromatic carbocycles. The number of para-hydroxylation sites is 1. The monoisotopic (exact) mass is 394 g/mol. The molecule has 2 amide bonds. The second-order valence-electron chi connectivity index (χ2n) is 5.84. The number of methoxy groups -OCH3 is 2. The van der Waals surface area contributed by atoms with E-state index >= 15 is 0 Å². The fourth-order valence-corrected chi connectivity index (χ4v) is 2.65. The second-order valence-corrected chi connectivity index (χ2v) is 5.84. The summed E-state index contributed by atoms with van der Waals surface area (Å²) in [7, 11) is 3.07. The minimum atomic E-state index is -0.571. The predicted molar refractivity (Wildman–Crippen MR) is 109 cm³/mol. The maximum Gasteiger partial charge on any atom is 0.346 e. The number of nitrogens with one attached hydrogen (secondary N) is 1. The minimum absolute atomic E-state index is 0.361. The van der Waals surface area contributed by atoms with Crippen molar-refractivity contribution in [3.63, 3.8) is 0 Å². The number of carbonyl (C=O) groups is 1. The molecule has 1 aromatic heterocycles. The summed E-state index contributed by atoms with van der Waals surface area (Å²) in [5.41, 5.74) is 1.29. The number of nitrogens with zero attached hydrogens (tertiary/aromatic N) is 3. The maximum absolute atomic E-state index is 12.4. The summed E-state index contributed by atoms with van der Waals surface area (Å²) in [6, 6.07) is 15.8. The molecule has 0 aliphatic heterocycles. The van der Waals surface area contributed by atoms with Gasteiger partial charge in [-0.05, 0) is 31.2 Å². The Bertz CT molecular complexity index is 1050. The van der Waals surface area contributed by atoms with Crippen LogP contribution in [0.2, 0.25) is 0 Å². The smallest absolute Gasteiger partial charge is 0.346 e. The van der Waals surface area contributed by atoms with Crippen LogP contribution in [0.25, 0.3) is 5.69 Å². The van der Waals surface area contributed by atoms with Crippen molar-refractivity contribution in [1.29, 1.82) is 0 Å². The lowest BCUT2D eigenvalue weighted by atomic mass is 10.2. The van der Waals surface area contributed by atoms with Crippen molar-refractivity contribution in [1.82, 2.24) is 9.78 Å². The summed E-state index contributed by atoms with van der Waals surface area (Å²) in [4.78, 5) is 16.5. The van der Waals surface area contributed by atoms with Crippen LogP contribution in [-0.2, 0) is 0 Å². The third-order valence-corrected chi connectivity index (χ3v) is 3.96. The Morgan fingerprint density at radius 3 is 2.59 bits per heavy atom. The number of anilines is 1. The number of amides is 2. The van der Waals surface area contributed by atoms with Crippen molar-refractivity contribution in [3.8, 4) is 23.1 Å². The molecule has 0 fully saturated rings. The molecule has 0 bridgehead atoms. The minimum Gasteiger partial charge on any atom is -0.497 e.